The minimum absolute atomic E-state index is 0.242. The maximum Gasteiger partial charge on any atom is 0.163 e. The molecule has 0 spiro atoms. The maximum absolute atomic E-state index is 13.1. The highest BCUT2D eigenvalue weighted by Crippen LogP contribution is 2.35. The predicted molar refractivity (Wildman–Crippen MR) is 95.2 cm³/mol. The Kier molecular flexibility index (Phi) is 3.84. The van der Waals surface area contributed by atoms with Crippen molar-refractivity contribution in [3.63, 3.8) is 0 Å². The largest absolute Gasteiger partial charge is 0.247 e. The van der Waals surface area contributed by atoms with E-state index in [9.17, 15) is 4.39 Å². The van der Waals surface area contributed by atoms with E-state index in [-0.39, 0.29) is 5.82 Å². The van der Waals surface area contributed by atoms with E-state index in [1.54, 1.807) is 23.5 Å². The van der Waals surface area contributed by atoms with Crippen molar-refractivity contribution in [3.8, 4) is 38.2 Å². The molecule has 0 amide bonds. The Bertz CT molecular complexity index is 1070. The smallest absolute Gasteiger partial charge is 0.163 e. The number of nitrogens with one attached hydrogen (secondary N) is 1. The predicted octanol–water partition coefficient (Wildman–Crippen LogP) is 4.88. The van der Waals surface area contributed by atoms with Crippen LogP contribution in [0.25, 0.3) is 32.1 Å². The molecule has 4 rings (SSSR count). The summed E-state index contributed by atoms with van der Waals surface area (Å²) in [5.41, 5.74) is 3.73. The van der Waals surface area contributed by atoms with Crippen LogP contribution in [0, 0.1) is 17.1 Å². The van der Waals surface area contributed by atoms with Crippen molar-refractivity contribution >= 4 is 11.3 Å². The minimum atomic E-state index is -0.242. The molecule has 0 unspecified atom stereocenters. The number of hydrogen-bond acceptors (Lipinski definition) is 4. The number of benzene rings is 2. The summed E-state index contributed by atoms with van der Waals surface area (Å²) < 4.78 is 13.1. The van der Waals surface area contributed by atoms with Crippen LogP contribution in [-0.4, -0.2) is 15.4 Å². The Morgan fingerprint density at radius 2 is 1.64 bits per heavy atom. The monoisotopic (exact) mass is 346 g/mol. The Hall–Kier alpha value is -3.30. The minimum Gasteiger partial charge on any atom is -0.247 e. The summed E-state index contributed by atoms with van der Waals surface area (Å²) in [6.45, 7) is 0. The first-order valence-electron chi connectivity index (χ1n) is 7.52. The van der Waals surface area contributed by atoms with Gasteiger partial charge in [-0.25, -0.2) is 9.49 Å². The average Bonchev–Trinajstić information content (AvgIpc) is 3.32. The summed E-state index contributed by atoms with van der Waals surface area (Å²) in [4.78, 5) is 2.16. The molecule has 0 aliphatic heterocycles. The molecule has 0 saturated carbocycles. The number of aromatic nitrogens is 3. The Balaban J connectivity index is 1.71. The quantitative estimate of drug-likeness (QED) is 0.575. The van der Waals surface area contributed by atoms with Crippen LogP contribution in [0.3, 0.4) is 0 Å². The van der Waals surface area contributed by atoms with Gasteiger partial charge >= 0.3 is 0 Å². The average molecular weight is 346 g/mol. The van der Waals surface area contributed by atoms with Gasteiger partial charge in [-0.15, -0.1) is 16.4 Å². The van der Waals surface area contributed by atoms with Gasteiger partial charge in [0.15, 0.2) is 5.69 Å². The van der Waals surface area contributed by atoms with Gasteiger partial charge in [0.2, 0.25) is 0 Å². The zero-order valence-corrected chi connectivity index (χ0v) is 13.7. The molecule has 0 saturated heterocycles. The number of nitrogens with zero attached hydrogens (tertiary/aromatic N) is 3. The highest BCUT2D eigenvalue weighted by Gasteiger charge is 2.11. The van der Waals surface area contributed by atoms with Crippen LogP contribution in [0.2, 0.25) is 0 Å². The molecule has 0 atom stereocenters. The van der Waals surface area contributed by atoms with Gasteiger partial charge in [-0.2, -0.15) is 5.26 Å². The molecular formula is C19H11FN4S. The van der Waals surface area contributed by atoms with Gasteiger partial charge in [-0.1, -0.05) is 35.5 Å². The van der Waals surface area contributed by atoms with E-state index in [0.717, 1.165) is 26.4 Å². The molecule has 6 heteroatoms. The fraction of sp³-hybridized carbons (Fsp3) is 0. The summed E-state index contributed by atoms with van der Waals surface area (Å²) in [5.74, 6) is -0.242. The summed E-state index contributed by atoms with van der Waals surface area (Å²) >= 11 is 1.63. The van der Waals surface area contributed by atoms with Crippen molar-refractivity contribution in [3.05, 3.63) is 72.2 Å². The van der Waals surface area contributed by atoms with E-state index in [4.69, 9.17) is 5.26 Å². The lowest BCUT2D eigenvalue weighted by Gasteiger charge is -2.01. The first-order chi connectivity index (χ1) is 12.2. The van der Waals surface area contributed by atoms with Crippen molar-refractivity contribution in [2.75, 3.05) is 0 Å². The third-order valence-corrected chi connectivity index (χ3v) is 5.00. The van der Waals surface area contributed by atoms with E-state index in [1.165, 1.54) is 12.1 Å². The van der Waals surface area contributed by atoms with E-state index in [1.807, 2.05) is 36.4 Å². The van der Waals surface area contributed by atoms with E-state index in [2.05, 4.69) is 21.5 Å². The number of H-pyrrole nitrogens is 1. The molecule has 120 valence electrons. The van der Waals surface area contributed by atoms with Gasteiger partial charge in [0.1, 0.15) is 17.6 Å². The molecule has 2 heterocycles. The molecule has 0 radical (unpaired) electrons. The van der Waals surface area contributed by atoms with Crippen LogP contribution in [0.15, 0.2) is 60.7 Å². The van der Waals surface area contributed by atoms with Gasteiger partial charge in [-0.3, -0.25) is 0 Å². The van der Waals surface area contributed by atoms with E-state index >= 15 is 0 Å². The van der Waals surface area contributed by atoms with Crippen LogP contribution in [0.1, 0.15) is 5.69 Å². The van der Waals surface area contributed by atoms with Gasteiger partial charge in [0.25, 0.3) is 0 Å². The number of hydrogen-bond donors (Lipinski definition) is 1. The molecule has 0 aliphatic carbocycles. The molecule has 0 bridgehead atoms. The van der Waals surface area contributed by atoms with Crippen LogP contribution in [0.4, 0.5) is 4.39 Å². The second-order valence-corrected chi connectivity index (χ2v) is 6.48. The van der Waals surface area contributed by atoms with Crippen LogP contribution < -0.4 is 0 Å². The fourth-order valence-corrected chi connectivity index (χ4v) is 3.60. The van der Waals surface area contributed by atoms with Crippen LogP contribution >= 0.6 is 11.3 Å². The third-order valence-electron chi connectivity index (χ3n) is 3.82. The summed E-state index contributed by atoms with van der Waals surface area (Å²) in [5, 5.41) is 19.4. The van der Waals surface area contributed by atoms with Crippen LogP contribution in [0.5, 0.6) is 0 Å². The maximum atomic E-state index is 13.1. The summed E-state index contributed by atoms with van der Waals surface area (Å²) in [7, 11) is 0. The van der Waals surface area contributed by atoms with Gasteiger partial charge in [-0.05, 0) is 41.5 Å². The molecule has 4 aromatic rings. The lowest BCUT2D eigenvalue weighted by molar-refractivity contribution is 0.628. The fourth-order valence-electron chi connectivity index (χ4n) is 2.59. The zero-order valence-electron chi connectivity index (χ0n) is 12.9. The zero-order chi connectivity index (χ0) is 17.2. The van der Waals surface area contributed by atoms with Crippen molar-refractivity contribution in [2.24, 2.45) is 0 Å². The first-order valence-corrected chi connectivity index (χ1v) is 8.34. The summed E-state index contributed by atoms with van der Waals surface area (Å²) in [6.07, 6.45) is 0. The third kappa shape index (κ3) is 2.93. The van der Waals surface area contributed by atoms with Crippen molar-refractivity contribution < 1.29 is 4.39 Å². The highest BCUT2D eigenvalue weighted by atomic mass is 32.1. The standard InChI is InChI=1S/C19H11FN4S/c20-15-6-4-12(5-7-15)17-8-9-18(25-17)13-2-1-3-14(10-13)19-16(11-21)22-24-23-19/h1-10H,(H,22,23,24). The van der Waals surface area contributed by atoms with Gasteiger partial charge in [0, 0.05) is 15.3 Å². The van der Waals surface area contributed by atoms with E-state index in [0.29, 0.717) is 11.4 Å². The molecule has 0 fully saturated rings. The topological polar surface area (TPSA) is 65.4 Å². The van der Waals surface area contributed by atoms with Crippen LogP contribution in [-0.2, 0) is 0 Å². The molecule has 0 aliphatic rings. The number of rotatable bonds is 3. The Labute approximate surface area is 147 Å². The second kappa shape index (κ2) is 6.30. The molecule has 2 aromatic heterocycles. The molecular weight excluding hydrogens is 335 g/mol. The molecule has 1 N–H and O–H groups in total. The van der Waals surface area contributed by atoms with Crippen molar-refractivity contribution in [2.45, 2.75) is 0 Å². The lowest BCUT2D eigenvalue weighted by atomic mass is 10.1. The van der Waals surface area contributed by atoms with Crippen molar-refractivity contribution in [1.82, 2.24) is 15.4 Å². The Morgan fingerprint density at radius 1 is 0.920 bits per heavy atom. The van der Waals surface area contributed by atoms with E-state index < -0.39 is 0 Å². The molecule has 2 aromatic carbocycles. The van der Waals surface area contributed by atoms with Gasteiger partial charge in [0.05, 0.1) is 0 Å². The number of thiophene rings is 1. The highest BCUT2D eigenvalue weighted by molar-refractivity contribution is 7.18. The van der Waals surface area contributed by atoms with Crippen molar-refractivity contribution in [1.29, 1.82) is 5.26 Å². The number of halogens is 1. The normalized spacial score (nSPS) is 10.6. The Morgan fingerprint density at radius 3 is 2.40 bits per heavy atom. The molecule has 4 nitrogen and oxygen atoms in total. The number of nitriles is 1. The van der Waals surface area contributed by atoms with Gasteiger partial charge < -0.3 is 0 Å². The summed E-state index contributed by atoms with van der Waals surface area (Å²) in [6, 6.07) is 20.4. The first kappa shape index (κ1) is 15.2. The second-order valence-electron chi connectivity index (χ2n) is 5.40. The number of aromatic amines is 1. The SMILES string of the molecule is N#Cc1[nH]nnc1-c1cccc(-c2ccc(-c3ccc(F)cc3)s2)c1. The molecule has 25 heavy (non-hydrogen) atoms. The lowest BCUT2D eigenvalue weighted by Crippen LogP contribution is -1.83.